The number of hydrogen-bond acceptors (Lipinski definition) is 2. The molecule has 0 amide bonds. The first kappa shape index (κ1) is 17.2. The number of hydrogen-bond donors (Lipinski definition) is 0. The van der Waals surface area contributed by atoms with E-state index in [2.05, 4.69) is 19.9 Å². The smallest absolute Gasteiger partial charge is 0.207 e. The van der Waals surface area contributed by atoms with Crippen molar-refractivity contribution in [3.05, 3.63) is 41.0 Å². The standard InChI is InChI=1S/C18H27NO2S/c1-13(2)7-16-11-18(5,6)12-19(16)22(20,21)17-9-14(3)8-15(4)10-17/h7-10,16H,11-12H2,1-6H3/t16-/m1/s1. The largest absolute Gasteiger partial charge is 0.243 e. The van der Waals surface area contributed by atoms with Crippen LogP contribution in [0.2, 0.25) is 0 Å². The monoisotopic (exact) mass is 321 g/mol. The summed E-state index contributed by atoms with van der Waals surface area (Å²) in [5, 5.41) is 0. The number of allylic oxidation sites excluding steroid dienone is 1. The third kappa shape index (κ3) is 3.61. The molecule has 3 nitrogen and oxygen atoms in total. The second-order valence-corrected chi connectivity index (χ2v) is 9.44. The minimum atomic E-state index is -3.46. The maximum Gasteiger partial charge on any atom is 0.243 e. The summed E-state index contributed by atoms with van der Waals surface area (Å²) < 4.78 is 27.9. The average Bonchev–Trinajstić information content (AvgIpc) is 2.62. The van der Waals surface area contributed by atoms with Crippen molar-refractivity contribution in [1.82, 2.24) is 4.31 Å². The van der Waals surface area contributed by atoms with E-state index in [0.29, 0.717) is 11.4 Å². The van der Waals surface area contributed by atoms with Gasteiger partial charge in [0, 0.05) is 12.6 Å². The van der Waals surface area contributed by atoms with Crippen molar-refractivity contribution >= 4 is 10.0 Å². The zero-order chi connectivity index (χ0) is 16.7. The van der Waals surface area contributed by atoms with Crippen molar-refractivity contribution in [2.24, 2.45) is 5.41 Å². The summed E-state index contributed by atoms with van der Waals surface area (Å²) in [6, 6.07) is 5.49. The van der Waals surface area contributed by atoms with E-state index in [1.807, 2.05) is 33.8 Å². The van der Waals surface area contributed by atoms with E-state index in [1.54, 1.807) is 16.4 Å². The third-order valence-electron chi connectivity index (χ3n) is 4.04. The Morgan fingerprint density at radius 2 is 1.73 bits per heavy atom. The van der Waals surface area contributed by atoms with Crippen LogP contribution in [0.5, 0.6) is 0 Å². The van der Waals surface area contributed by atoms with Crippen LogP contribution in [-0.2, 0) is 10.0 Å². The Morgan fingerprint density at radius 3 is 2.23 bits per heavy atom. The molecule has 0 N–H and O–H groups in total. The van der Waals surface area contributed by atoms with E-state index < -0.39 is 10.0 Å². The van der Waals surface area contributed by atoms with Gasteiger partial charge < -0.3 is 0 Å². The molecule has 122 valence electrons. The van der Waals surface area contributed by atoms with Gasteiger partial charge in [0.1, 0.15) is 0 Å². The molecular formula is C18H27NO2S. The lowest BCUT2D eigenvalue weighted by molar-refractivity contribution is 0.373. The topological polar surface area (TPSA) is 37.4 Å². The number of aryl methyl sites for hydroxylation is 2. The molecule has 0 aromatic heterocycles. The highest BCUT2D eigenvalue weighted by Gasteiger charge is 2.43. The van der Waals surface area contributed by atoms with Gasteiger partial charge in [-0.1, -0.05) is 31.6 Å². The minimum absolute atomic E-state index is 0.00254. The second-order valence-electron chi connectivity index (χ2n) is 7.55. The summed E-state index contributed by atoms with van der Waals surface area (Å²) in [6.07, 6.45) is 2.94. The number of nitrogens with zero attached hydrogens (tertiary/aromatic N) is 1. The highest BCUT2D eigenvalue weighted by molar-refractivity contribution is 7.89. The zero-order valence-electron chi connectivity index (χ0n) is 14.5. The molecule has 0 saturated carbocycles. The lowest BCUT2D eigenvalue weighted by atomic mass is 9.90. The Hall–Kier alpha value is -1.13. The van der Waals surface area contributed by atoms with Crippen LogP contribution in [0.4, 0.5) is 0 Å². The molecule has 0 unspecified atom stereocenters. The average molecular weight is 321 g/mol. The molecule has 2 rings (SSSR count). The van der Waals surface area contributed by atoms with Crippen LogP contribution in [0.25, 0.3) is 0 Å². The summed E-state index contributed by atoms with van der Waals surface area (Å²) in [5.74, 6) is 0. The SMILES string of the molecule is CC(C)=C[C@@H]1CC(C)(C)CN1S(=O)(=O)c1cc(C)cc(C)c1. The van der Waals surface area contributed by atoms with Crippen LogP contribution in [0.15, 0.2) is 34.7 Å². The fraction of sp³-hybridized carbons (Fsp3) is 0.556. The number of sulfonamides is 1. The summed E-state index contributed by atoms with van der Waals surface area (Å²) >= 11 is 0. The number of rotatable bonds is 3. The van der Waals surface area contributed by atoms with E-state index in [4.69, 9.17) is 0 Å². The van der Waals surface area contributed by atoms with Crippen LogP contribution in [0.1, 0.15) is 45.2 Å². The van der Waals surface area contributed by atoms with Crippen molar-refractivity contribution < 1.29 is 8.42 Å². The van der Waals surface area contributed by atoms with Crippen LogP contribution >= 0.6 is 0 Å². The van der Waals surface area contributed by atoms with Gasteiger partial charge in [0.15, 0.2) is 0 Å². The van der Waals surface area contributed by atoms with E-state index in [0.717, 1.165) is 23.1 Å². The molecule has 1 aromatic carbocycles. The molecule has 4 heteroatoms. The first-order valence-corrected chi connectivity index (χ1v) is 9.20. The molecule has 1 aliphatic rings. The van der Waals surface area contributed by atoms with Gasteiger partial charge in [-0.15, -0.1) is 0 Å². The molecule has 0 radical (unpaired) electrons. The van der Waals surface area contributed by atoms with Gasteiger partial charge in [-0.25, -0.2) is 8.42 Å². The molecule has 0 spiro atoms. The Morgan fingerprint density at radius 1 is 1.18 bits per heavy atom. The van der Waals surface area contributed by atoms with Crippen molar-refractivity contribution in [2.75, 3.05) is 6.54 Å². The molecule has 1 aliphatic heterocycles. The summed E-state index contributed by atoms with van der Waals surface area (Å²) in [4.78, 5) is 0.412. The number of benzene rings is 1. The summed E-state index contributed by atoms with van der Waals surface area (Å²) in [6.45, 7) is 12.8. The maximum atomic E-state index is 13.1. The molecule has 1 heterocycles. The molecule has 0 bridgehead atoms. The Bertz CT molecular complexity index is 678. The van der Waals surface area contributed by atoms with Gasteiger partial charge in [-0.3, -0.25) is 0 Å². The highest BCUT2D eigenvalue weighted by Crippen LogP contribution is 2.38. The molecule has 0 aliphatic carbocycles. The first-order chi connectivity index (χ1) is 10.0. The normalized spacial score (nSPS) is 21.8. The van der Waals surface area contributed by atoms with E-state index >= 15 is 0 Å². The quantitative estimate of drug-likeness (QED) is 0.787. The van der Waals surface area contributed by atoms with E-state index in [-0.39, 0.29) is 11.5 Å². The summed E-state index contributed by atoms with van der Waals surface area (Å²) in [7, 11) is -3.46. The van der Waals surface area contributed by atoms with Gasteiger partial charge >= 0.3 is 0 Å². The lowest BCUT2D eigenvalue weighted by Crippen LogP contribution is -2.35. The predicted molar refractivity (Wildman–Crippen MR) is 91.4 cm³/mol. The molecule has 1 fully saturated rings. The predicted octanol–water partition coefficient (Wildman–Crippen LogP) is 4.06. The Kier molecular flexibility index (Phi) is 4.56. The van der Waals surface area contributed by atoms with Crippen LogP contribution in [-0.4, -0.2) is 25.3 Å². The lowest BCUT2D eigenvalue weighted by Gasteiger charge is -2.23. The molecule has 1 aromatic rings. The van der Waals surface area contributed by atoms with Crippen molar-refractivity contribution in [1.29, 1.82) is 0 Å². The fourth-order valence-electron chi connectivity index (χ4n) is 3.28. The molecular weight excluding hydrogens is 294 g/mol. The van der Waals surface area contributed by atoms with Gasteiger partial charge in [0.05, 0.1) is 4.90 Å². The van der Waals surface area contributed by atoms with E-state index in [1.165, 1.54) is 0 Å². The fourth-order valence-corrected chi connectivity index (χ4v) is 5.23. The van der Waals surface area contributed by atoms with Crippen LogP contribution in [0.3, 0.4) is 0 Å². The molecule has 1 saturated heterocycles. The van der Waals surface area contributed by atoms with Gasteiger partial charge in [-0.05, 0) is 62.8 Å². The first-order valence-electron chi connectivity index (χ1n) is 7.76. The van der Waals surface area contributed by atoms with Crippen LogP contribution < -0.4 is 0 Å². The maximum absolute atomic E-state index is 13.1. The Labute approximate surface area is 135 Å². The zero-order valence-corrected chi connectivity index (χ0v) is 15.3. The van der Waals surface area contributed by atoms with Crippen molar-refractivity contribution in [3.63, 3.8) is 0 Å². The Balaban J connectivity index is 2.48. The van der Waals surface area contributed by atoms with Crippen molar-refractivity contribution in [3.8, 4) is 0 Å². The minimum Gasteiger partial charge on any atom is -0.207 e. The molecule has 22 heavy (non-hydrogen) atoms. The van der Waals surface area contributed by atoms with Gasteiger partial charge in [-0.2, -0.15) is 4.31 Å². The summed E-state index contributed by atoms with van der Waals surface area (Å²) in [5.41, 5.74) is 3.12. The van der Waals surface area contributed by atoms with Crippen molar-refractivity contribution in [2.45, 2.75) is 58.9 Å². The highest BCUT2D eigenvalue weighted by atomic mass is 32.2. The van der Waals surface area contributed by atoms with Gasteiger partial charge in [0.25, 0.3) is 0 Å². The van der Waals surface area contributed by atoms with E-state index in [9.17, 15) is 8.42 Å². The third-order valence-corrected chi connectivity index (χ3v) is 5.89. The van der Waals surface area contributed by atoms with Crippen LogP contribution in [0, 0.1) is 19.3 Å². The molecule has 1 atom stereocenters. The second kappa shape index (κ2) is 5.82. The van der Waals surface area contributed by atoms with Gasteiger partial charge in [0.2, 0.25) is 10.0 Å².